The quantitative estimate of drug-likeness (QED) is 0.548. The second kappa shape index (κ2) is 10.9. The molecule has 0 bridgehead atoms. The summed E-state index contributed by atoms with van der Waals surface area (Å²) >= 11 is 3.74. The number of anilines is 1. The summed E-state index contributed by atoms with van der Waals surface area (Å²) in [6.45, 7) is 7.09. The fourth-order valence-electron chi connectivity index (χ4n) is 5.89. The Morgan fingerprint density at radius 3 is 2.61 bits per heavy atom. The average molecular weight is 535 g/mol. The monoisotopic (exact) mass is 534 g/mol. The third-order valence-electron chi connectivity index (χ3n) is 8.08. The number of urea groups is 1. The molecule has 1 aromatic carbocycles. The van der Waals surface area contributed by atoms with Gasteiger partial charge in [-0.15, -0.1) is 11.8 Å². The molecule has 4 aliphatic rings. The second-order valence-electron chi connectivity index (χ2n) is 10.9. The molecule has 0 saturated carbocycles. The maximum atomic E-state index is 13.5. The number of benzene rings is 1. The van der Waals surface area contributed by atoms with Gasteiger partial charge in [0.2, 0.25) is 11.8 Å². The molecule has 3 saturated heterocycles. The van der Waals surface area contributed by atoms with Crippen LogP contribution in [0.15, 0.2) is 24.3 Å². The highest BCUT2D eigenvalue weighted by molar-refractivity contribution is 8.03. The van der Waals surface area contributed by atoms with Gasteiger partial charge in [-0.2, -0.15) is 11.8 Å². The zero-order chi connectivity index (χ0) is 25.3. The predicted molar refractivity (Wildman–Crippen MR) is 151 cm³/mol. The number of carbonyl (C=O) groups is 3. The number of hydrogen-bond donors (Lipinski definition) is 1. The molecule has 7 nitrogen and oxygen atoms in total. The molecule has 4 aliphatic heterocycles. The number of rotatable bonds is 6. The van der Waals surface area contributed by atoms with E-state index >= 15 is 0 Å². The van der Waals surface area contributed by atoms with Crippen molar-refractivity contribution in [1.29, 1.82) is 0 Å². The molecule has 1 spiro atoms. The van der Waals surface area contributed by atoms with E-state index in [0.717, 1.165) is 61.4 Å². The standard InChI is InChI=1S/C27H38N4O3S2.2H2/c1-19(2)7-14-31-25(33)23(36-27(31)10-15-35-16-11-27)17-24(32)29-12-8-21(9-13-29)30-18-20-5-3-4-6-22(20)28-26(30)34;;/h3-6,19,21,23H,7-18H2,1-2H3,(H,28,34);2*1H/t23-;;/m0../s1. The van der Waals surface area contributed by atoms with Gasteiger partial charge < -0.3 is 20.0 Å². The van der Waals surface area contributed by atoms with Crippen molar-refractivity contribution in [2.45, 2.75) is 75.1 Å². The van der Waals surface area contributed by atoms with E-state index in [0.29, 0.717) is 32.0 Å². The van der Waals surface area contributed by atoms with Gasteiger partial charge in [0.15, 0.2) is 0 Å². The van der Waals surface area contributed by atoms with Gasteiger partial charge in [0.25, 0.3) is 0 Å². The molecule has 0 unspecified atom stereocenters. The van der Waals surface area contributed by atoms with Crippen LogP contribution in [-0.2, 0) is 16.1 Å². The summed E-state index contributed by atoms with van der Waals surface area (Å²) in [5, 5.41) is 2.74. The number of para-hydroxylation sites is 1. The van der Waals surface area contributed by atoms with Gasteiger partial charge in [-0.05, 0) is 61.2 Å². The highest BCUT2D eigenvalue weighted by Gasteiger charge is 2.52. The Bertz CT molecular complexity index is 1000. The summed E-state index contributed by atoms with van der Waals surface area (Å²) in [5.74, 6) is 2.97. The van der Waals surface area contributed by atoms with Gasteiger partial charge in [-0.1, -0.05) is 32.0 Å². The average Bonchev–Trinajstić information content (AvgIpc) is 3.12. The lowest BCUT2D eigenvalue weighted by Crippen LogP contribution is -2.51. The van der Waals surface area contributed by atoms with E-state index in [1.807, 2.05) is 39.8 Å². The van der Waals surface area contributed by atoms with Crippen molar-refractivity contribution < 1.29 is 17.2 Å². The Labute approximate surface area is 226 Å². The molecule has 3 fully saturated rings. The smallest absolute Gasteiger partial charge is 0.322 e. The molecule has 4 amide bonds. The minimum Gasteiger partial charge on any atom is -0.342 e. The summed E-state index contributed by atoms with van der Waals surface area (Å²) in [7, 11) is 0. The first kappa shape index (κ1) is 25.8. The molecule has 200 valence electrons. The van der Waals surface area contributed by atoms with Crippen molar-refractivity contribution in [3.8, 4) is 0 Å². The van der Waals surface area contributed by atoms with Gasteiger partial charge in [-0.25, -0.2) is 4.79 Å². The van der Waals surface area contributed by atoms with Crippen molar-refractivity contribution in [1.82, 2.24) is 14.7 Å². The second-order valence-corrected chi connectivity index (χ2v) is 13.7. The van der Waals surface area contributed by atoms with Crippen molar-refractivity contribution in [2.24, 2.45) is 5.92 Å². The Kier molecular flexibility index (Phi) is 7.77. The van der Waals surface area contributed by atoms with Crippen LogP contribution in [0.25, 0.3) is 0 Å². The molecule has 1 atom stereocenters. The summed E-state index contributed by atoms with van der Waals surface area (Å²) in [6, 6.07) is 8.00. The molecule has 5 rings (SSSR count). The fourth-order valence-corrected chi connectivity index (χ4v) is 9.05. The Morgan fingerprint density at radius 2 is 1.89 bits per heavy atom. The number of piperidine rings is 1. The van der Waals surface area contributed by atoms with Crippen molar-refractivity contribution in [3.05, 3.63) is 29.8 Å². The first-order chi connectivity index (χ1) is 17.4. The van der Waals surface area contributed by atoms with Gasteiger partial charge in [0, 0.05) is 47.2 Å². The molecular weight excluding hydrogens is 492 g/mol. The third-order valence-corrected chi connectivity index (χ3v) is 10.8. The van der Waals surface area contributed by atoms with E-state index in [4.69, 9.17) is 0 Å². The van der Waals surface area contributed by atoms with Crippen LogP contribution < -0.4 is 5.32 Å². The number of likely N-dealkylation sites (tertiary alicyclic amines) is 1. The topological polar surface area (TPSA) is 73.0 Å². The summed E-state index contributed by atoms with van der Waals surface area (Å²) in [4.78, 5) is 45.3. The third kappa shape index (κ3) is 5.23. The molecule has 4 heterocycles. The number of fused-ring (bicyclic) bond motifs is 1. The number of thioether (sulfide) groups is 2. The molecule has 0 radical (unpaired) electrons. The van der Waals surface area contributed by atoms with Gasteiger partial charge >= 0.3 is 6.03 Å². The molecule has 9 heteroatoms. The molecule has 0 aromatic heterocycles. The summed E-state index contributed by atoms with van der Waals surface area (Å²) in [5.41, 5.74) is 2.02. The zero-order valence-corrected chi connectivity index (χ0v) is 23.0. The van der Waals surface area contributed by atoms with E-state index < -0.39 is 0 Å². The van der Waals surface area contributed by atoms with Crippen LogP contribution in [0.3, 0.4) is 0 Å². The minimum absolute atomic E-state index is 0. The zero-order valence-electron chi connectivity index (χ0n) is 21.4. The molecule has 1 N–H and O–H groups in total. The van der Waals surface area contributed by atoms with Crippen LogP contribution in [-0.4, -0.2) is 79.8 Å². The number of hydrogen-bond acceptors (Lipinski definition) is 5. The lowest BCUT2D eigenvalue weighted by molar-refractivity contribution is -0.138. The highest BCUT2D eigenvalue weighted by atomic mass is 32.2. The van der Waals surface area contributed by atoms with Gasteiger partial charge in [-0.3, -0.25) is 9.59 Å². The Hall–Kier alpha value is -1.87. The van der Waals surface area contributed by atoms with E-state index in [9.17, 15) is 14.4 Å². The summed E-state index contributed by atoms with van der Waals surface area (Å²) in [6.07, 6.45) is 4.87. The fraction of sp³-hybridized carbons (Fsp3) is 0.667. The summed E-state index contributed by atoms with van der Waals surface area (Å²) < 4.78 is 0. The Morgan fingerprint density at radius 1 is 1.17 bits per heavy atom. The van der Waals surface area contributed by atoms with Crippen LogP contribution in [0.4, 0.5) is 10.5 Å². The van der Waals surface area contributed by atoms with Crippen LogP contribution in [0.5, 0.6) is 0 Å². The highest BCUT2D eigenvalue weighted by Crippen LogP contribution is 2.50. The van der Waals surface area contributed by atoms with Crippen LogP contribution in [0.2, 0.25) is 0 Å². The minimum atomic E-state index is -0.269. The van der Waals surface area contributed by atoms with E-state index in [2.05, 4.69) is 30.1 Å². The molecule has 36 heavy (non-hydrogen) atoms. The maximum absolute atomic E-state index is 13.5. The molecular formula is C27H42N4O3S2. The number of carbonyl (C=O) groups excluding carboxylic acids is 3. The van der Waals surface area contributed by atoms with E-state index in [-0.39, 0.29) is 36.9 Å². The number of amides is 4. The predicted octanol–water partition coefficient (Wildman–Crippen LogP) is 5.12. The number of nitrogens with one attached hydrogen (secondary N) is 1. The van der Waals surface area contributed by atoms with Gasteiger partial charge in [0.05, 0.1) is 10.1 Å². The maximum Gasteiger partial charge on any atom is 0.322 e. The lowest BCUT2D eigenvalue weighted by atomic mass is 10.0. The van der Waals surface area contributed by atoms with E-state index in [1.54, 1.807) is 11.8 Å². The van der Waals surface area contributed by atoms with Gasteiger partial charge in [0.1, 0.15) is 0 Å². The largest absolute Gasteiger partial charge is 0.342 e. The molecule has 0 aliphatic carbocycles. The Balaban J connectivity index is 0.00000200. The normalized spacial score (nSPS) is 24.4. The van der Waals surface area contributed by atoms with Crippen molar-refractivity contribution in [2.75, 3.05) is 36.5 Å². The first-order valence-corrected chi connectivity index (χ1v) is 15.4. The lowest BCUT2D eigenvalue weighted by Gasteiger charge is -2.41. The first-order valence-electron chi connectivity index (χ1n) is 13.4. The SMILES string of the molecule is CC(C)CCN1C(=O)[C@H](CC(=O)N2CCC(N3Cc4ccccc4NC3=O)CC2)SC12CCSCC2.[HH].[HH]. The van der Waals surface area contributed by atoms with Crippen LogP contribution >= 0.6 is 23.5 Å². The van der Waals surface area contributed by atoms with E-state index in [1.165, 1.54) is 0 Å². The van der Waals surface area contributed by atoms with Crippen LogP contribution in [0.1, 0.15) is 60.8 Å². The van der Waals surface area contributed by atoms with Crippen molar-refractivity contribution >= 4 is 47.1 Å². The van der Waals surface area contributed by atoms with Crippen LogP contribution in [0, 0.1) is 5.92 Å². The number of nitrogens with zero attached hydrogens (tertiary/aromatic N) is 3. The van der Waals surface area contributed by atoms with Crippen molar-refractivity contribution in [3.63, 3.8) is 0 Å². The molecule has 1 aromatic rings.